The molecule has 3 heterocycles. The van der Waals surface area contributed by atoms with Crippen molar-refractivity contribution in [3.05, 3.63) is 48.2 Å². The Labute approximate surface area is 149 Å². The van der Waals surface area contributed by atoms with Crippen LogP contribution >= 0.6 is 0 Å². The second kappa shape index (κ2) is 7.83. The molecule has 2 fully saturated rings. The van der Waals surface area contributed by atoms with Crippen LogP contribution in [0.15, 0.2) is 42.6 Å². The number of nitrogens with zero attached hydrogens (tertiary/aromatic N) is 3. The zero-order valence-corrected chi connectivity index (χ0v) is 14.5. The minimum absolute atomic E-state index is 0.476. The van der Waals surface area contributed by atoms with E-state index in [4.69, 9.17) is 9.47 Å². The summed E-state index contributed by atoms with van der Waals surface area (Å²) >= 11 is 0. The molecular formula is C20H25N3O2. The minimum atomic E-state index is 0.476. The van der Waals surface area contributed by atoms with E-state index in [1.165, 1.54) is 12.8 Å². The first-order valence-corrected chi connectivity index (χ1v) is 9.25. The number of anilines is 1. The average molecular weight is 339 g/mol. The van der Waals surface area contributed by atoms with Gasteiger partial charge in [-0.25, -0.2) is 4.98 Å². The SMILES string of the molecule is c1ccc(COc2ccnc(N3CCC(C4CCCO4)CC3)n2)cc1. The molecule has 5 heteroatoms. The molecule has 0 N–H and O–H groups in total. The van der Waals surface area contributed by atoms with Crippen LogP contribution < -0.4 is 9.64 Å². The van der Waals surface area contributed by atoms with Gasteiger partial charge in [-0.15, -0.1) is 0 Å². The molecule has 0 spiro atoms. The van der Waals surface area contributed by atoms with E-state index in [2.05, 4.69) is 27.0 Å². The molecule has 25 heavy (non-hydrogen) atoms. The Hall–Kier alpha value is -2.14. The highest BCUT2D eigenvalue weighted by Crippen LogP contribution is 2.30. The number of rotatable bonds is 5. The van der Waals surface area contributed by atoms with Crippen molar-refractivity contribution in [1.29, 1.82) is 0 Å². The summed E-state index contributed by atoms with van der Waals surface area (Å²) in [6.07, 6.45) is 7.02. The molecule has 4 rings (SSSR count). The van der Waals surface area contributed by atoms with Gasteiger partial charge in [0.2, 0.25) is 11.8 Å². The van der Waals surface area contributed by atoms with Crippen molar-refractivity contribution >= 4 is 5.95 Å². The van der Waals surface area contributed by atoms with Crippen LogP contribution in [0, 0.1) is 5.92 Å². The van der Waals surface area contributed by atoms with Crippen molar-refractivity contribution in [3.63, 3.8) is 0 Å². The molecule has 1 aromatic heterocycles. The molecule has 1 unspecified atom stereocenters. The fourth-order valence-electron chi connectivity index (χ4n) is 3.74. The van der Waals surface area contributed by atoms with Gasteiger partial charge in [-0.3, -0.25) is 0 Å². The van der Waals surface area contributed by atoms with Crippen molar-refractivity contribution in [2.45, 2.75) is 38.4 Å². The fourth-order valence-corrected chi connectivity index (χ4v) is 3.74. The Morgan fingerprint density at radius 3 is 2.68 bits per heavy atom. The molecule has 0 aliphatic carbocycles. The molecule has 2 aromatic rings. The summed E-state index contributed by atoms with van der Waals surface area (Å²) < 4.78 is 11.7. The van der Waals surface area contributed by atoms with E-state index in [9.17, 15) is 0 Å². The van der Waals surface area contributed by atoms with Crippen molar-refractivity contribution in [2.75, 3.05) is 24.6 Å². The highest BCUT2D eigenvalue weighted by molar-refractivity contribution is 5.32. The van der Waals surface area contributed by atoms with Gasteiger partial charge in [0, 0.05) is 32.0 Å². The number of ether oxygens (including phenoxy) is 2. The predicted molar refractivity (Wildman–Crippen MR) is 96.7 cm³/mol. The highest BCUT2D eigenvalue weighted by atomic mass is 16.5. The third kappa shape index (κ3) is 4.10. The maximum Gasteiger partial charge on any atom is 0.228 e. The van der Waals surface area contributed by atoms with Gasteiger partial charge in [0.25, 0.3) is 0 Å². The number of piperidine rings is 1. The van der Waals surface area contributed by atoms with Gasteiger partial charge in [-0.2, -0.15) is 4.98 Å². The Morgan fingerprint density at radius 2 is 1.92 bits per heavy atom. The molecule has 1 aromatic carbocycles. The number of hydrogen-bond donors (Lipinski definition) is 0. The first-order valence-electron chi connectivity index (χ1n) is 9.25. The summed E-state index contributed by atoms with van der Waals surface area (Å²) in [4.78, 5) is 11.3. The van der Waals surface area contributed by atoms with Crippen molar-refractivity contribution in [3.8, 4) is 5.88 Å². The summed E-state index contributed by atoms with van der Waals surface area (Å²) in [7, 11) is 0. The van der Waals surface area contributed by atoms with Crippen LogP contribution in [-0.4, -0.2) is 35.8 Å². The zero-order valence-electron chi connectivity index (χ0n) is 14.5. The van der Waals surface area contributed by atoms with E-state index in [-0.39, 0.29) is 0 Å². The van der Waals surface area contributed by atoms with Crippen LogP contribution in [0.3, 0.4) is 0 Å². The molecule has 0 bridgehead atoms. The Morgan fingerprint density at radius 1 is 1.08 bits per heavy atom. The molecule has 2 aliphatic rings. The van der Waals surface area contributed by atoms with Crippen LogP contribution in [0.4, 0.5) is 5.95 Å². The van der Waals surface area contributed by atoms with Crippen LogP contribution in [0.25, 0.3) is 0 Å². The van der Waals surface area contributed by atoms with Crippen LogP contribution in [0.5, 0.6) is 5.88 Å². The van der Waals surface area contributed by atoms with Gasteiger partial charge in [0.1, 0.15) is 6.61 Å². The van der Waals surface area contributed by atoms with E-state index in [0.717, 1.165) is 44.0 Å². The normalized spacial score (nSPS) is 21.4. The quantitative estimate of drug-likeness (QED) is 0.835. The van der Waals surface area contributed by atoms with E-state index < -0.39 is 0 Å². The molecule has 5 nitrogen and oxygen atoms in total. The third-order valence-electron chi connectivity index (χ3n) is 5.16. The number of benzene rings is 1. The molecule has 2 aliphatic heterocycles. The smallest absolute Gasteiger partial charge is 0.228 e. The second-order valence-corrected chi connectivity index (χ2v) is 6.85. The second-order valence-electron chi connectivity index (χ2n) is 6.85. The number of hydrogen-bond acceptors (Lipinski definition) is 5. The molecular weight excluding hydrogens is 314 g/mol. The standard InChI is InChI=1S/C20H25N3O2/c1-2-5-16(6-3-1)15-25-19-8-11-21-20(22-19)23-12-9-17(10-13-23)18-7-4-14-24-18/h1-3,5-6,8,11,17-18H,4,7,9-10,12-15H2. The zero-order chi connectivity index (χ0) is 16.9. The van der Waals surface area contributed by atoms with Crippen molar-refractivity contribution in [1.82, 2.24) is 9.97 Å². The Balaban J connectivity index is 1.33. The Bertz CT molecular complexity index is 666. The minimum Gasteiger partial charge on any atom is -0.473 e. The lowest BCUT2D eigenvalue weighted by Gasteiger charge is -2.34. The summed E-state index contributed by atoms with van der Waals surface area (Å²) in [6, 6.07) is 12.0. The fraction of sp³-hybridized carbons (Fsp3) is 0.500. The van der Waals surface area contributed by atoms with E-state index in [0.29, 0.717) is 24.5 Å². The molecule has 0 radical (unpaired) electrons. The van der Waals surface area contributed by atoms with E-state index in [1.807, 2.05) is 24.3 Å². The average Bonchev–Trinajstić information content (AvgIpc) is 3.22. The largest absolute Gasteiger partial charge is 0.473 e. The van der Waals surface area contributed by atoms with Gasteiger partial charge in [-0.05, 0) is 37.2 Å². The molecule has 132 valence electrons. The monoisotopic (exact) mass is 339 g/mol. The van der Waals surface area contributed by atoms with Gasteiger partial charge in [0.15, 0.2) is 0 Å². The van der Waals surface area contributed by atoms with E-state index >= 15 is 0 Å². The summed E-state index contributed by atoms with van der Waals surface area (Å²) in [5, 5.41) is 0. The lowest BCUT2D eigenvalue weighted by Crippen LogP contribution is -2.38. The lowest BCUT2D eigenvalue weighted by molar-refractivity contribution is 0.0530. The van der Waals surface area contributed by atoms with Gasteiger partial charge in [0.05, 0.1) is 6.10 Å². The molecule has 0 amide bonds. The summed E-state index contributed by atoms with van der Waals surface area (Å²) in [6.45, 7) is 3.45. The van der Waals surface area contributed by atoms with E-state index in [1.54, 1.807) is 6.20 Å². The summed E-state index contributed by atoms with van der Waals surface area (Å²) in [5.74, 6) is 2.10. The van der Waals surface area contributed by atoms with Crippen LogP contribution in [0.2, 0.25) is 0 Å². The maximum absolute atomic E-state index is 5.86. The topological polar surface area (TPSA) is 47.5 Å². The molecule has 1 atom stereocenters. The first-order chi connectivity index (χ1) is 12.4. The third-order valence-corrected chi connectivity index (χ3v) is 5.16. The maximum atomic E-state index is 5.86. The van der Waals surface area contributed by atoms with Gasteiger partial charge >= 0.3 is 0 Å². The predicted octanol–water partition coefficient (Wildman–Crippen LogP) is 3.45. The summed E-state index contributed by atoms with van der Waals surface area (Å²) in [5.41, 5.74) is 1.14. The van der Waals surface area contributed by atoms with Gasteiger partial charge < -0.3 is 14.4 Å². The van der Waals surface area contributed by atoms with Crippen LogP contribution in [0.1, 0.15) is 31.2 Å². The van der Waals surface area contributed by atoms with Gasteiger partial charge in [-0.1, -0.05) is 30.3 Å². The van der Waals surface area contributed by atoms with Crippen LogP contribution in [-0.2, 0) is 11.3 Å². The van der Waals surface area contributed by atoms with Crippen molar-refractivity contribution < 1.29 is 9.47 Å². The lowest BCUT2D eigenvalue weighted by atomic mass is 9.90. The van der Waals surface area contributed by atoms with Crippen molar-refractivity contribution in [2.24, 2.45) is 5.92 Å². The first kappa shape index (κ1) is 16.3. The highest BCUT2D eigenvalue weighted by Gasteiger charge is 2.30. The molecule has 0 saturated carbocycles. The molecule has 2 saturated heterocycles. The Kier molecular flexibility index (Phi) is 5.11. The number of aromatic nitrogens is 2.